The smallest absolute Gasteiger partial charge is 0.251 e. The number of thiophene rings is 1. The van der Waals surface area contributed by atoms with E-state index in [0.29, 0.717) is 28.7 Å². The second kappa shape index (κ2) is 8.34. The molecule has 1 aromatic carbocycles. The molecule has 2 rings (SSSR count). The first-order valence-electron chi connectivity index (χ1n) is 7.64. The molecule has 0 fully saturated rings. The molecular formula is C18H20N2O4S. The standard InChI is InChI=1S/C18H20N2O4S/c1-4-24-14-7-5-12(10-15(14)23-3)6-8-16(21)20-18-13(17(19)22)9-11(2)25-18/h5-10H,4H2,1-3H3,(H2,19,22)(H,20,21)/b8-6+. The molecule has 3 N–H and O–H groups in total. The van der Waals surface area contributed by atoms with Gasteiger partial charge in [0.15, 0.2) is 11.5 Å². The Morgan fingerprint density at radius 3 is 2.68 bits per heavy atom. The van der Waals surface area contributed by atoms with Gasteiger partial charge < -0.3 is 20.5 Å². The number of hydrogen-bond donors (Lipinski definition) is 2. The highest BCUT2D eigenvalue weighted by Gasteiger charge is 2.13. The van der Waals surface area contributed by atoms with Gasteiger partial charge in [0.25, 0.3) is 5.91 Å². The number of carbonyl (C=O) groups excluding carboxylic acids is 2. The van der Waals surface area contributed by atoms with E-state index in [2.05, 4.69) is 5.32 Å². The number of aryl methyl sites for hydroxylation is 1. The third-order valence-corrected chi connectivity index (χ3v) is 4.24. The number of primary amides is 1. The average molecular weight is 360 g/mol. The van der Waals surface area contributed by atoms with E-state index in [4.69, 9.17) is 15.2 Å². The summed E-state index contributed by atoms with van der Waals surface area (Å²) in [7, 11) is 1.56. The predicted molar refractivity (Wildman–Crippen MR) is 99.4 cm³/mol. The van der Waals surface area contributed by atoms with E-state index in [-0.39, 0.29) is 5.91 Å². The monoisotopic (exact) mass is 360 g/mol. The van der Waals surface area contributed by atoms with Crippen molar-refractivity contribution in [3.8, 4) is 11.5 Å². The molecule has 0 spiro atoms. The Morgan fingerprint density at radius 2 is 2.04 bits per heavy atom. The summed E-state index contributed by atoms with van der Waals surface area (Å²) in [6.45, 7) is 4.27. The van der Waals surface area contributed by atoms with Crippen LogP contribution in [0.15, 0.2) is 30.3 Å². The predicted octanol–water partition coefficient (Wildman–Crippen LogP) is 3.21. The molecule has 0 aliphatic heterocycles. The van der Waals surface area contributed by atoms with Gasteiger partial charge in [-0.2, -0.15) is 0 Å². The van der Waals surface area contributed by atoms with Crippen molar-refractivity contribution in [1.29, 1.82) is 0 Å². The van der Waals surface area contributed by atoms with Crippen LogP contribution in [0.25, 0.3) is 6.08 Å². The van der Waals surface area contributed by atoms with E-state index >= 15 is 0 Å². The number of nitrogens with two attached hydrogens (primary N) is 1. The molecule has 7 heteroatoms. The van der Waals surface area contributed by atoms with Crippen LogP contribution in [0.1, 0.15) is 27.7 Å². The van der Waals surface area contributed by atoms with Crippen LogP contribution in [0, 0.1) is 6.92 Å². The van der Waals surface area contributed by atoms with Gasteiger partial charge in [-0.15, -0.1) is 11.3 Å². The van der Waals surface area contributed by atoms with Gasteiger partial charge in [0, 0.05) is 11.0 Å². The molecule has 0 saturated carbocycles. The molecule has 132 valence electrons. The lowest BCUT2D eigenvalue weighted by atomic mass is 10.2. The van der Waals surface area contributed by atoms with Gasteiger partial charge in [0.2, 0.25) is 5.91 Å². The molecule has 1 heterocycles. The van der Waals surface area contributed by atoms with Gasteiger partial charge in [-0.3, -0.25) is 9.59 Å². The van der Waals surface area contributed by atoms with E-state index in [1.54, 1.807) is 31.4 Å². The highest BCUT2D eigenvalue weighted by Crippen LogP contribution is 2.29. The minimum absolute atomic E-state index is 0.312. The van der Waals surface area contributed by atoms with Crippen molar-refractivity contribution >= 4 is 34.2 Å². The van der Waals surface area contributed by atoms with Crippen LogP contribution in [0.3, 0.4) is 0 Å². The summed E-state index contributed by atoms with van der Waals surface area (Å²) in [5.74, 6) is 0.318. The molecule has 6 nitrogen and oxygen atoms in total. The molecule has 0 unspecified atom stereocenters. The fraction of sp³-hybridized carbons (Fsp3) is 0.222. The quantitative estimate of drug-likeness (QED) is 0.742. The van der Waals surface area contributed by atoms with Gasteiger partial charge >= 0.3 is 0 Å². The maximum Gasteiger partial charge on any atom is 0.251 e. The highest BCUT2D eigenvalue weighted by molar-refractivity contribution is 7.16. The van der Waals surface area contributed by atoms with E-state index in [9.17, 15) is 9.59 Å². The second-order valence-corrected chi connectivity index (χ2v) is 6.39. The molecule has 0 bridgehead atoms. The zero-order chi connectivity index (χ0) is 18.4. The molecule has 0 aliphatic rings. The Labute approximate surface area is 150 Å². The topological polar surface area (TPSA) is 90.6 Å². The van der Waals surface area contributed by atoms with Crippen LogP contribution in [0.2, 0.25) is 0 Å². The fourth-order valence-corrected chi connectivity index (χ4v) is 3.10. The third kappa shape index (κ3) is 4.84. The minimum Gasteiger partial charge on any atom is -0.493 e. The summed E-state index contributed by atoms with van der Waals surface area (Å²) in [5, 5.41) is 3.13. The van der Waals surface area contributed by atoms with Gasteiger partial charge in [-0.1, -0.05) is 6.07 Å². The molecular weight excluding hydrogens is 340 g/mol. The number of carbonyl (C=O) groups is 2. The number of ether oxygens (including phenoxy) is 2. The van der Waals surface area contributed by atoms with Crippen LogP contribution < -0.4 is 20.5 Å². The van der Waals surface area contributed by atoms with Crippen molar-refractivity contribution in [2.45, 2.75) is 13.8 Å². The summed E-state index contributed by atoms with van der Waals surface area (Å²) in [5.41, 5.74) is 6.41. The second-order valence-electron chi connectivity index (χ2n) is 5.13. The summed E-state index contributed by atoms with van der Waals surface area (Å²) in [6, 6.07) is 7.04. The Hall–Kier alpha value is -2.80. The van der Waals surface area contributed by atoms with Crippen LogP contribution in [-0.4, -0.2) is 25.5 Å². The van der Waals surface area contributed by atoms with Gasteiger partial charge in [-0.05, 0) is 43.7 Å². The highest BCUT2D eigenvalue weighted by atomic mass is 32.1. The number of hydrogen-bond acceptors (Lipinski definition) is 5. The molecule has 25 heavy (non-hydrogen) atoms. The van der Waals surface area contributed by atoms with Crippen molar-refractivity contribution in [1.82, 2.24) is 0 Å². The van der Waals surface area contributed by atoms with Crippen molar-refractivity contribution in [3.05, 3.63) is 46.3 Å². The first-order chi connectivity index (χ1) is 11.9. The summed E-state index contributed by atoms with van der Waals surface area (Å²) >= 11 is 1.30. The van der Waals surface area contributed by atoms with Crippen molar-refractivity contribution in [2.24, 2.45) is 5.73 Å². The van der Waals surface area contributed by atoms with Crippen molar-refractivity contribution < 1.29 is 19.1 Å². The number of methoxy groups -OCH3 is 1. The lowest BCUT2D eigenvalue weighted by molar-refractivity contribution is -0.111. The summed E-state index contributed by atoms with van der Waals surface area (Å²) in [6.07, 6.45) is 3.03. The van der Waals surface area contributed by atoms with Crippen LogP contribution in [-0.2, 0) is 4.79 Å². The van der Waals surface area contributed by atoms with Crippen molar-refractivity contribution in [3.63, 3.8) is 0 Å². The molecule has 0 radical (unpaired) electrons. The molecule has 2 aromatic rings. The average Bonchev–Trinajstić information content (AvgIpc) is 2.94. The van der Waals surface area contributed by atoms with Gasteiger partial charge in [0.05, 0.1) is 19.3 Å². The SMILES string of the molecule is CCOc1ccc(/C=C/C(=O)Nc2sc(C)cc2C(N)=O)cc1OC. The fourth-order valence-electron chi connectivity index (χ4n) is 2.18. The Kier molecular flexibility index (Phi) is 6.19. The first-order valence-corrected chi connectivity index (χ1v) is 8.46. The maximum atomic E-state index is 12.1. The van der Waals surface area contributed by atoms with Crippen molar-refractivity contribution in [2.75, 3.05) is 19.0 Å². The number of amides is 2. The molecule has 0 aliphatic carbocycles. The normalized spacial score (nSPS) is 10.7. The number of anilines is 1. The zero-order valence-corrected chi connectivity index (χ0v) is 15.1. The zero-order valence-electron chi connectivity index (χ0n) is 14.3. The van der Waals surface area contributed by atoms with E-state index in [1.165, 1.54) is 17.4 Å². The Morgan fingerprint density at radius 1 is 1.28 bits per heavy atom. The Balaban J connectivity index is 2.11. The third-order valence-electron chi connectivity index (χ3n) is 3.27. The largest absolute Gasteiger partial charge is 0.493 e. The van der Waals surface area contributed by atoms with Crippen LogP contribution >= 0.6 is 11.3 Å². The summed E-state index contributed by atoms with van der Waals surface area (Å²) < 4.78 is 10.7. The summed E-state index contributed by atoms with van der Waals surface area (Å²) in [4.78, 5) is 24.4. The Bertz CT molecular complexity index is 811. The van der Waals surface area contributed by atoms with E-state index in [1.807, 2.05) is 19.9 Å². The number of benzene rings is 1. The number of rotatable bonds is 7. The van der Waals surface area contributed by atoms with Crippen LogP contribution in [0.4, 0.5) is 5.00 Å². The van der Waals surface area contributed by atoms with Crippen LogP contribution in [0.5, 0.6) is 11.5 Å². The first kappa shape index (κ1) is 18.5. The molecule has 2 amide bonds. The van der Waals surface area contributed by atoms with Gasteiger partial charge in [-0.25, -0.2) is 0 Å². The van der Waals surface area contributed by atoms with Gasteiger partial charge in [0.1, 0.15) is 5.00 Å². The maximum absolute atomic E-state index is 12.1. The number of nitrogens with one attached hydrogen (secondary N) is 1. The molecule has 1 aromatic heterocycles. The lowest BCUT2D eigenvalue weighted by Crippen LogP contribution is -2.14. The van der Waals surface area contributed by atoms with E-state index in [0.717, 1.165) is 10.4 Å². The lowest BCUT2D eigenvalue weighted by Gasteiger charge is -2.09. The molecule has 0 saturated heterocycles. The van der Waals surface area contributed by atoms with E-state index < -0.39 is 5.91 Å². The minimum atomic E-state index is -0.570. The molecule has 0 atom stereocenters.